The Hall–Kier alpha value is -1.43. The number of carboxylic acids is 1. The first-order valence-corrected chi connectivity index (χ1v) is 5.11. The molecule has 0 aliphatic rings. The summed E-state index contributed by atoms with van der Waals surface area (Å²) in [5.74, 6) is -1.72. The van der Waals surface area contributed by atoms with E-state index in [-0.39, 0.29) is 10.0 Å². The SMILES string of the molecule is CC(NC=O)(C(=O)O)c1ccc(F)c(Br)c1. The van der Waals surface area contributed by atoms with Gasteiger partial charge in [0.1, 0.15) is 5.82 Å². The van der Waals surface area contributed by atoms with Crippen LogP contribution in [0.3, 0.4) is 0 Å². The van der Waals surface area contributed by atoms with Crippen molar-refractivity contribution in [1.29, 1.82) is 0 Å². The Kier molecular flexibility index (Phi) is 3.64. The molecule has 0 saturated carbocycles. The van der Waals surface area contributed by atoms with Crippen LogP contribution in [0.15, 0.2) is 22.7 Å². The predicted molar refractivity (Wildman–Crippen MR) is 58.3 cm³/mol. The lowest BCUT2D eigenvalue weighted by molar-refractivity contribution is -0.145. The van der Waals surface area contributed by atoms with Gasteiger partial charge in [-0.25, -0.2) is 9.18 Å². The number of amides is 1. The van der Waals surface area contributed by atoms with Crippen molar-refractivity contribution in [2.45, 2.75) is 12.5 Å². The van der Waals surface area contributed by atoms with Crippen LogP contribution in [0.1, 0.15) is 12.5 Å². The normalized spacial score (nSPS) is 13.9. The van der Waals surface area contributed by atoms with Gasteiger partial charge >= 0.3 is 5.97 Å². The molecule has 1 rings (SSSR count). The third kappa shape index (κ3) is 2.21. The number of aliphatic carboxylic acids is 1. The van der Waals surface area contributed by atoms with Crippen molar-refractivity contribution >= 4 is 28.3 Å². The van der Waals surface area contributed by atoms with Gasteiger partial charge in [-0.2, -0.15) is 0 Å². The smallest absolute Gasteiger partial charge is 0.333 e. The summed E-state index contributed by atoms with van der Waals surface area (Å²) in [5, 5.41) is 11.2. The molecule has 0 bridgehead atoms. The van der Waals surface area contributed by atoms with E-state index in [1.807, 2.05) is 0 Å². The molecular weight excluding hydrogens is 281 g/mol. The standard InChI is InChI=1S/C10H9BrFNO3/c1-10(9(15)16,13-5-14)6-2-3-8(12)7(11)4-6/h2-5H,1H3,(H,13,14)(H,15,16). The number of rotatable bonds is 4. The zero-order chi connectivity index (χ0) is 12.3. The second-order valence-corrected chi connectivity index (χ2v) is 4.18. The van der Waals surface area contributed by atoms with Gasteiger partial charge in [0.25, 0.3) is 0 Å². The maximum atomic E-state index is 13.0. The van der Waals surface area contributed by atoms with Crippen molar-refractivity contribution in [3.05, 3.63) is 34.1 Å². The Morgan fingerprint density at radius 1 is 1.62 bits per heavy atom. The first kappa shape index (κ1) is 12.6. The maximum Gasteiger partial charge on any atom is 0.333 e. The molecule has 1 aromatic rings. The number of carbonyl (C=O) groups excluding carboxylic acids is 1. The van der Waals surface area contributed by atoms with Gasteiger partial charge in [0.2, 0.25) is 6.41 Å². The molecule has 0 fully saturated rings. The fraction of sp³-hybridized carbons (Fsp3) is 0.200. The molecular formula is C10H9BrFNO3. The molecule has 6 heteroatoms. The third-order valence-electron chi connectivity index (χ3n) is 2.27. The van der Waals surface area contributed by atoms with E-state index in [1.54, 1.807) is 0 Å². The fourth-order valence-corrected chi connectivity index (χ4v) is 1.57. The lowest BCUT2D eigenvalue weighted by Crippen LogP contribution is -2.46. The average molecular weight is 290 g/mol. The minimum Gasteiger partial charge on any atom is -0.479 e. The number of hydrogen-bond donors (Lipinski definition) is 2. The van der Waals surface area contributed by atoms with Gasteiger partial charge in [-0.15, -0.1) is 0 Å². The number of carbonyl (C=O) groups is 2. The van der Waals surface area contributed by atoms with Crippen LogP contribution in [-0.4, -0.2) is 17.5 Å². The molecule has 86 valence electrons. The summed E-state index contributed by atoms with van der Waals surface area (Å²) in [6, 6.07) is 3.76. The van der Waals surface area contributed by atoms with Crippen LogP contribution in [0, 0.1) is 5.82 Å². The number of hydrogen-bond acceptors (Lipinski definition) is 2. The molecule has 0 spiro atoms. The number of benzene rings is 1. The van der Waals surface area contributed by atoms with Crippen molar-refractivity contribution in [3.8, 4) is 0 Å². The van der Waals surface area contributed by atoms with E-state index in [0.29, 0.717) is 6.41 Å². The van der Waals surface area contributed by atoms with Gasteiger partial charge in [0.15, 0.2) is 5.54 Å². The lowest BCUT2D eigenvalue weighted by atomic mass is 9.92. The summed E-state index contributed by atoms with van der Waals surface area (Å²) in [4.78, 5) is 21.5. The zero-order valence-corrected chi connectivity index (χ0v) is 9.92. The van der Waals surface area contributed by atoms with E-state index < -0.39 is 17.3 Å². The van der Waals surface area contributed by atoms with E-state index >= 15 is 0 Å². The minimum absolute atomic E-state index is 0.144. The van der Waals surface area contributed by atoms with Gasteiger partial charge in [-0.05, 0) is 40.5 Å². The first-order chi connectivity index (χ1) is 7.41. The lowest BCUT2D eigenvalue weighted by Gasteiger charge is -2.24. The third-order valence-corrected chi connectivity index (χ3v) is 2.88. The van der Waals surface area contributed by atoms with E-state index in [1.165, 1.54) is 19.1 Å². The first-order valence-electron chi connectivity index (χ1n) is 4.32. The van der Waals surface area contributed by atoms with Gasteiger partial charge in [0.05, 0.1) is 4.47 Å². The average Bonchev–Trinajstić information content (AvgIpc) is 2.22. The molecule has 1 atom stereocenters. The summed E-state index contributed by atoms with van der Waals surface area (Å²) < 4.78 is 13.1. The van der Waals surface area contributed by atoms with E-state index in [2.05, 4.69) is 21.2 Å². The summed E-state index contributed by atoms with van der Waals surface area (Å²) in [5.41, 5.74) is -1.29. The van der Waals surface area contributed by atoms with Crippen LogP contribution in [0.5, 0.6) is 0 Å². The molecule has 16 heavy (non-hydrogen) atoms. The molecule has 2 N–H and O–H groups in total. The Bertz CT molecular complexity index is 438. The topological polar surface area (TPSA) is 66.4 Å². The highest BCUT2D eigenvalue weighted by atomic mass is 79.9. The highest BCUT2D eigenvalue weighted by molar-refractivity contribution is 9.10. The molecule has 1 amide bonds. The quantitative estimate of drug-likeness (QED) is 0.828. The number of carboxylic acid groups (broad SMARTS) is 1. The van der Waals surface area contributed by atoms with Gasteiger partial charge in [0, 0.05) is 0 Å². The van der Waals surface area contributed by atoms with Crippen LogP contribution in [-0.2, 0) is 15.1 Å². The molecule has 1 aromatic carbocycles. The minimum atomic E-state index is -1.57. The molecule has 4 nitrogen and oxygen atoms in total. The number of nitrogens with one attached hydrogen (secondary N) is 1. The number of halogens is 2. The van der Waals surface area contributed by atoms with Crippen LogP contribution in [0.25, 0.3) is 0 Å². The van der Waals surface area contributed by atoms with Crippen molar-refractivity contribution in [2.24, 2.45) is 0 Å². The van der Waals surface area contributed by atoms with Gasteiger partial charge in [-0.1, -0.05) is 6.07 Å². The van der Waals surface area contributed by atoms with Gasteiger partial charge < -0.3 is 10.4 Å². The Morgan fingerprint density at radius 2 is 2.25 bits per heavy atom. The van der Waals surface area contributed by atoms with Crippen molar-refractivity contribution < 1.29 is 19.1 Å². The maximum absolute atomic E-state index is 13.0. The molecule has 0 aliphatic heterocycles. The molecule has 0 aliphatic carbocycles. The Labute approximate surface area is 99.6 Å². The highest BCUT2D eigenvalue weighted by Gasteiger charge is 2.35. The fourth-order valence-electron chi connectivity index (χ4n) is 1.19. The van der Waals surface area contributed by atoms with E-state index in [9.17, 15) is 14.0 Å². The second-order valence-electron chi connectivity index (χ2n) is 3.32. The zero-order valence-electron chi connectivity index (χ0n) is 8.33. The highest BCUT2D eigenvalue weighted by Crippen LogP contribution is 2.25. The van der Waals surface area contributed by atoms with Crippen LogP contribution in [0.4, 0.5) is 4.39 Å². The molecule has 0 saturated heterocycles. The van der Waals surface area contributed by atoms with Gasteiger partial charge in [-0.3, -0.25) is 4.79 Å². The summed E-state index contributed by atoms with van der Waals surface area (Å²) in [6.07, 6.45) is 0.297. The predicted octanol–water partition coefficient (Wildman–Crippen LogP) is 1.63. The molecule has 0 aromatic heterocycles. The molecule has 0 heterocycles. The van der Waals surface area contributed by atoms with Crippen molar-refractivity contribution in [3.63, 3.8) is 0 Å². The summed E-state index contributed by atoms with van der Waals surface area (Å²) >= 11 is 2.95. The van der Waals surface area contributed by atoms with E-state index in [0.717, 1.165) is 6.07 Å². The van der Waals surface area contributed by atoms with Crippen LogP contribution >= 0.6 is 15.9 Å². The summed E-state index contributed by atoms with van der Waals surface area (Å²) in [6.45, 7) is 1.32. The Balaban J connectivity index is 3.26. The second kappa shape index (κ2) is 4.61. The monoisotopic (exact) mass is 289 g/mol. The molecule has 0 radical (unpaired) electrons. The van der Waals surface area contributed by atoms with Crippen molar-refractivity contribution in [2.75, 3.05) is 0 Å². The van der Waals surface area contributed by atoms with Crippen LogP contribution < -0.4 is 5.32 Å². The Morgan fingerprint density at radius 3 is 2.69 bits per heavy atom. The van der Waals surface area contributed by atoms with Crippen molar-refractivity contribution in [1.82, 2.24) is 5.32 Å². The summed E-state index contributed by atoms with van der Waals surface area (Å²) in [7, 11) is 0. The van der Waals surface area contributed by atoms with Crippen LogP contribution in [0.2, 0.25) is 0 Å². The van der Waals surface area contributed by atoms with E-state index in [4.69, 9.17) is 5.11 Å². The largest absolute Gasteiger partial charge is 0.479 e. The molecule has 1 unspecified atom stereocenters.